The van der Waals surface area contributed by atoms with Crippen molar-refractivity contribution in [3.8, 4) is 0 Å². The maximum absolute atomic E-state index is 13.2. The van der Waals surface area contributed by atoms with Crippen molar-refractivity contribution in [2.75, 3.05) is 12.3 Å². The van der Waals surface area contributed by atoms with Gasteiger partial charge in [0.15, 0.2) is 0 Å². The Labute approximate surface area is 176 Å². The van der Waals surface area contributed by atoms with Crippen molar-refractivity contribution in [1.29, 1.82) is 0 Å². The first kappa shape index (κ1) is 22.9. The average molecular weight is 417 g/mol. The number of nitrogens with one attached hydrogen (secondary N) is 1. The SMILES string of the molecule is CCNC(=O)[C@H](CC)N(Cc1ccc(F)cc1)C(=O)CSCc1cccc(C)c1. The van der Waals surface area contributed by atoms with Crippen LogP contribution in [0.2, 0.25) is 0 Å². The molecule has 0 spiro atoms. The molecule has 0 aliphatic heterocycles. The van der Waals surface area contributed by atoms with Crippen molar-refractivity contribution in [3.63, 3.8) is 0 Å². The van der Waals surface area contributed by atoms with Crippen molar-refractivity contribution in [2.45, 2.75) is 45.5 Å². The summed E-state index contributed by atoms with van der Waals surface area (Å²) in [7, 11) is 0. The van der Waals surface area contributed by atoms with Crippen molar-refractivity contribution in [2.24, 2.45) is 0 Å². The minimum Gasteiger partial charge on any atom is -0.355 e. The number of hydrogen-bond donors (Lipinski definition) is 1. The zero-order chi connectivity index (χ0) is 21.2. The number of thioether (sulfide) groups is 1. The average Bonchev–Trinajstić information content (AvgIpc) is 2.69. The molecule has 1 N–H and O–H groups in total. The second-order valence-corrected chi connectivity index (χ2v) is 7.93. The van der Waals surface area contributed by atoms with Crippen molar-refractivity contribution in [1.82, 2.24) is 10.2 Å². The Morgan fingerprint density at radius 2 is 1.83 bits per heavy atom. The lowest BCUT2D eigenvalue weighted by Crippen LogP contribution is -2.49. The van der Waals surface area contributed by atoms with E-state index in [1.165, 1.54) is 35.0 Å². The number of nitrogens with zero attached hydrogens (tertiary/aromatic N) is 1. The fraction of sp³-hybridized carbons (Fsp3) is 0.391. The van der Waals surface area contributed by atoms with Crippen molar-refractivity contribution >= 4 is 23.6 Å². The molecule has 0 bridgehead atoms. The monoisotopic (exact) mass is 416 g/mol. The lowest BCUT2D eigenvalue weighted by atomic mass is 10.1. The molecule has 2 rings (SSSR count). The van der Waals surface area contributed by atoms with Gasteiger partial charge < -0.3 is 10.2 Å². The van der Waals surface area contributed by atoms with Crippen LogP contribution in [-0.2, 0) is 21.9 Å². The third-order valence-electron chi connectivity index (χ3n) is 4.58. The molecule has 0 aliphatic rings. The van der Waals surface area contributed by atoms with E-state index in [0.29, 0.717) is 13.0 Å². The quantitative estimate of drug-likeness (QED) is 0.628. The fourth-order valence-corrected chi connectivity index (χ4v) is 4.00. The number of halogens is 1. The van der Waals surface area contributed by atoms with Gasteiger partial charge in [-0.05, 0) is 43.5 Å². The summed E-state index contributed by atoms with van der Waals surface area (Å²) in [6.07, 6.45) is 0.515. The molecule has 2 aromatic carbocycles. The molecule has 0 heterocycles. The van der Waals surface area contributed by atoms with Crippen LogP contribution in [-0.4, -0.2) is 35.1 Å². The van der Waals surface area contributed by atoms with E-state index in [1.54, 1.807) is 17.0 Å². The fourth-order valence-electron chi connectivity index (χ4n) is 3.14. The van der Waals surface area contributed by atoms with Crippen LogP contribution >= 0.6 is 11.8 Å². The molecule has 4 nitrogen and oxygen atoms in total. The molecule has 29 heavy (non-hydrogen) atoms. The van der Waals surface area contributed by atoms with E-state index in [9.17, 15) is 14.0 Å². The number of hydrogen-bond acceptors (Lipinski definition) is 3. The molecule has 0 unspecified atom stereocenters. The standard InChI is InChI=1S/C23H29FN2O2S/c1-4-21(23(28)25-5-2)26(14-18-9-11-20(24)12-10-18)22(27)16-29-15-19-8-6-7-17(3)13-19/h6-13,21H,4-5,14-16H2,1-3H3,(H,25,28)/t21-/m0/s1. The second-order valence-electron chi connectivity index (χ2n) is 6.95. The summed E-state index contributed by atoms with van der Waals surface area (Å²) in [4.78, 5) is 27.2. The summed E-state index contributed by atoms with van der Waals surface area (Å²) in [5.74, 6) is 0.441. The van der Waals surface area contributed by atoms with E-state index in [1.807, 2.05) is 39.0 Å². The first-order valence-corrected chi connectivity index (χ1v) is 11.0. The van der Waals surface area contributed by atoms with Gasteiger partial charge in [0.2, 0.25) is 11.8 Å². The molecule has 6 heteroatoms. The van der Waals surface area contributed by atoms with Crippen LogP contribution in [0.3, 0.4) is 0 Å². The van der Waals surface area contributed by atoms with Crippen LogP contribution in [0.4, 0.5) is 4.39 Å². The van der Waals surface area contributed by atoms with E-state index in [2.05, 4.69) is 11.4 Å². The number of amides is 2. The van der Waals surface area contributed by atoms with E-state index in [-0.39, 0.29) is 29.9 Å². The summed E-state index contributed by atoms with van der Waals surface area (Å²) >= 11 is 1.53. The molecule has 0 saturated carbocycles. The Balaban J connectivity index is 2.10. The van der Waals surface area contributed by atoms with E-state index < -0.39 is 6.04 Å². The molecule has 0 saturated heterocycles. The summed E-state index contributed by atoms with van der Waals surface area (Å²) in [5.41, 5.74) is 3.16. The van der Waals surface area contributed by atoms with Gasteiger partial charge in [-0.3, -0.25) is 9.59 Å². The zero-order valence-electron chi connectivity index (χ0n) is 17.3. The predicted octanol–water partition coefficient (Wildman–Crippen LogP) is 4.31. The summed E-state index contributed by atoms with van der Waals surface area (Å²) in [5, 5.41) is 2.82. The number of rotatable bonds is 10. The molecule has 0 radical (unpaired) electrons. The Bertz CT molecular complexity index is 811. The van der Waals surface area contributed by atoms with Gasteiger partial charge in [0.25, 0.3) is 0 Å². The maximum Gasteiger partial charge on any atom is 0.242 e. The van der Waals surface area contributed by atoms with E-state index >= 15 is 0 Å². The molecule has 156 valence electrons. The van der Waals surface area contributed by atoms with Gasteiger partial charge in [0.1, 0.15) is 11.9 Å². The second kappa shape index (κ2) is 11.6. The number of aryl methyl sites for hydroxylation is 1. The van der Waals surface area contributed by atoms with E-state index in [0.717, 1.165) is 11.3 Å². The lowest BCUT2D eigenvalue weighted by Gasteiger charge is -2.30. The highest BCUT2D eigenvalue weighted by molar-refractivity contribution is 7.99. The summed E-state index contributed by atoms with van der Waals surface area (Å²) in [6, 6.07) is 13.7. The normalized spacial score (nSPS) is 11.7. The number of carbonyl (C=O) groups is 2. The van der Waals surface area contributed by atoms with Crippen molar-refractivity contribution in [3.05, 3.63) is 71.0 Å². The van der Waals surface area contributed by atoms with Gasteiger partial charge >= 0.3 is 0 Å². The first-order valence-electron chi connectivity index (χ1n) is 9.89. The number of carbonyl (C=O) groups excluding carboxylic acids is 2. The Morgan fingerprint density at radius 3 is 2.45 bits per heavy atom. The Morgan fingerprint density at radius 1 is 1.10 bits per heavy atom. The van der Waals surface area contributed by atoms with Gasteiger partial charge in [-0.15, -0.1) is 11.8 Å². The summed E-state index contributed by atoms with van der Waals surface area (Å²) < 4.78 is 13.2. The molecule has 0 fully saturated rings. The number of likely N-dealkylation sites (N-methyl/N-ethyl adjacent to an activating group) is 1. The first-order chi connectivity index (χ1) is 13.9. The van der Waals surface area contributed by atoms with Crippen LogP contribution in [0.5, 0.6) is 0 Å². The topological polar surface area (TPSA) is 49.4 Å². The van der Waals surface area contributed by atoms with Crippen molar-refractivity contribution < 1.29 is 14.0 Å². The van der Waals surface area contributed by atoms with Crippen LogP contribution in [0, 0.1) is 12.7 Å². The molecule has 0 aliphatic carbocycles. The highest BCUT2D eigenvalue weighted by atomic mass is 32.2. The van der Waals surface area contributed by atoms with Gasteiger partial charge in [-0.25, -0.2) is 4.39 Å². The summed E-state index contributed by atoms with van der Waals surface area (Å²) in [6.45, 7) is 6.58. The molecule has 1 atom stereocenters. The minimum absolute atomic E-state index is 0.0925. The molecular formula is C23H29FN2O2S. The van der Waals surface area contributed by atoms with Crippen LogP contribution in [0.15, 0.2) is 48.5 Å². The Kier molecular flexibility index (Phi) is 9.19. The minimum atomic E-state index is -0.549. The number of benzene rings is 2. The molecule has 0 aromatic heterocycles. The maximum atomic E-state index is 13.2. The van der Waals surface area contributed by atoms with Crippen LogP contribution < -0.4 is 5.32 Å². The van der Waals surface area contributed by atoms with Crippen LogP contribution in [0.1, 0.15) is 37.0 Å². The Hall–Kier alpha value is -2.34. The predicted molar refractivity (Wildman–Crippen MR) is 117 cm³/mol. The molecule has 2 amide bonds. The zero-order valence-corrected chi connectivity index (χ0v) is 18.1. The third-order valence-corrected chi connectivity index (χ3v) is 5.57. The molecule has 2 aromatic rings. The molecular weight excluding hydrogens is 387 g/mol. The van der Waals surface area contributed by atoms with Crippen LogP contribution in [0.25, 0.3) is 0 Å². The van der Waals surface area contributed by atoms with Gasteiger partial charge in [-0.2, -0.15) is 0 Å². The highest BCUT2D eigenvalue weighted by Gasteiger charge is 2.28. The van der Waals surface area contributed by atoms with Gasteiger partial charge in [-0.1, -0.05) is 48.9 Å². The lowest BCUT2D eigenvalue weighted by molar-refractivity contribution is -0.139. The van der Waals surface area contributed by atoms with E-state index in [4.69, 9.17) is 0 Å². The van der Waals surface area contributed by atoms with Gasteiger partial charge in [0.05, 0.1) is 5.75 Å². The van der Waals surface area contributed by atoms with Gasteiger partial charge in [0, 0.05) is 18.8 Å². The third kappa shape index (κ3) is 7.20. The highest BCUT2D eigenvalue weighted by Crippen LogP contribution is 2.18. The smallest absolute Gasteiger partial charge is 0.242 e. The largest absolute Gasteiger partial charge is 0.355 e.